The lowest BCUT2D eigenvalue weighted by molar-refractivity contribution is -0.0915. The van der Waals surface area contributed by atoms with Crippen LogP contribution in [0.3, 0.4) is 0 Å². The summed E-state index contributed by atoms with van der Waals surface area (Å²) < 4.78 is 16.6. The third-order valence-electron chi connectivity index (χ3n) is 8.00. The highest BCUT2D eigenvalue weighted by Crippen LogP contribution is 2.45. The molecule has 0 saturated carbocycles. The van der Waals surface area contributed by atoms with Gasteiger partial charge in [0.25, 0.3) is 0 Å². The summed E-state index contributed by atoms with van der Waals surface area (Å²) in [4.78, 5) is 15.3. The Morgan fingerprint density at radius 2 is 1.60 bits per heavy atom. The molecule has 3 aliphatic rings. The number of benzene rings is 2. The minimum atomic E-state index is -0.736. The SMILES string of the molecule is COCCOCCCC1(O)CC2CCCC(C1)N2C(=O)OCC1c2ccccc2-c2ccccc21. The molecular formula is C29H37NO5. The van der Waals surface area contributed by atoms with Gasteiger partial charge in [0.15, 0.2) is 0 Å². The summed E-state index contributed by atoms with van der Waals surface area (Å²) >= 11 is 0. The largest absolute Gasteiger partial charge is 0.448 e. The molecule has 2 bridgehead atoms. The predicted octanol–water partition coefficient (Wildman–Crippen LogP) is 5.13. The average molecular weight is 480 g/mol. The van der Waals surface area contributed by atoms with E-state index in [1.807, 2.05) is 4.90 Å². The smallest absolute Gasteiger partial charge is 0.410 e. The first-order chi connectivity index (χ1) is 17.1. The van der Waals surface area contributed by atoms with Crippen LogP contribution >= 0.6 is 0 Å². The number of fused-ring (bicyclic) bond motifs is 5. The van der Waals surface area contributed by atoms with Crippen molar-refractivity contribution in [2.75, 3.05) is 33.5 Å². The van der Waals surface area contributed by atoms with E-state index in [1.54, 1.807) is 7.11 Å². The summed E-state index contributed by atoms with van der Waals surface area (Å²) in [6.45, 7) is 2.13. The molecule has 6 nitrogen and oxygen atoms in total. The molecule has 2 aliphatic heterocycles. The fourth-order valence-corrected chi connectivity index (χ4v) is 6.45. The van der Waals surface area contributed by atoms with Gasteiger partial charge in [-0.15, -0.1) is 0 Å². The van der Waals surface area contributed by atoms with Crippen LogP contribution < -0.4 is 0 Å². The van der Waals surface area contributed by atoms with Crippen molar-refractivity contribution < 1.29 is 24.1 Å². The van der Waals surface area contributed by atoms with Crippen LogP contribution in [-0.2, 0) is 14.2 Å². The third-order valence-corrected chi connectivity index (χ3v) is 8.00. The lowest BCUT2D eigenvalue weighted by Crippen LogP contribution is -2.60. The van der Waals surface area contributed by atoms with Crippen LogP contribution in [0.25, 0.3) is 11.1 Å². The normalized spacial score (nSPS) is 25.3. The van der Waals surface area contributed by atoms with Crippen LogP contribution in [0.5, 0.6) is 0 Å². The van der Waals surface area contributed by atoms with Gasteiger partial charge in [-0.05, 0) is 67.2 Å². The average Bonchev–Trinajstić information content (AvgIpc) is 3.18. The van der Waals surface area contributed by atoms with E-state index >= 15 is 0 Å². The van der Waals surface area contributed by atoms with Gasteiger partial charge in [-0.1, -0.05) is 48.5 Å². The van der Waals surface area contributed by atoms with Crippen molar-refractivity contribution in [3.63, 3.8) is 0 Å². The van der Waals surface area contributed by atoms with E-state index in [0.29, 0.717) is 45.7 Å². The Bertz CT molecular complexity index is 964. The number of rotatable bonds is 9. The van der Waals surface area contributed by atoms with Gasteiger partial charge >= 0.3 is 6.09 Å². The molecule has 35 heavy (non-hydrogen) atoms. The summed E-state index contributed by atoms with van der Waals surface area (Å²) in [5.74, 6) is 0.0611. The molecule has 2 saturated heterocycles. The summed E-state index contributed by atoms with van der Waals surface area (Å²) in [6, 6.07) is 16.9. The number of aliphatic hydroxyl groups is 1. The van der Waals surface area contributed by atoms with Crippen LogP contribution in [-0.4, -0.2) is 67.3 Å². The Labute approximate surface area is 208 Å². The number of ether oxygens (including phenoxy) is 3. The number of hydrogen-bond acceptors (Lipinski definition) is 5. The van der Waals surface area contributed by atoms with Crippen LogP contribution in [0.2, 0.25) is 0 Å². The second-order valence-corrected chi connectivity index (χ2v) is 10.3. The maximum atomic E-state index is 13.4. The molecule has 2 fully saturated rings. The van der Waals surface area contributed by atoms with Crippen molar-refractivity contribution in [3.8, 4) is 11.1 Å². The van der Waals surface area contributed by atoms with Crippen molar-refractivity contribution in [3.05, 3.63) is 59.7 Å². The van der Waals surface area contributed by atoms with E-state index in [9.17, 15) is 9.90 Å². The van der Waals surface area contributed by atoms with Gasteiger partial charge in [-0.25, -0.2) is 4.79 Å². The van der Waals surface area contributed by atoms with E-state index in [4.69, 9.17) is 14.2 Å². The van der Waals surface area contributed by atoms with Gasteiger partial charge < -0.3 is 24.2 Å². The van der Waals surface area contributed by atoms with E-state index in [2.05, 4.69) is 48.5 Å². The molecule has 0 aromatic heterocycles. The fraction of sp³-hybridized carbons (Fsp3) is 0.552. The third kappa shape index (κ3) is 5.11. The molecule has 5 rings (SSSR count). The minimum Gasteiger partial charge on any atom is -0.448 e. The Hall–Kier alpha value is -2.41. The van der Waals surface area contributed by atoms with Crippen molar-refractivity contribution in [2.24, 2.45) is 0 Å². The Morgan fingerprint density at radius 3 is 2.23 bits per heavy atom. The van der Waals surface area contributed by atoms with Gasteiger partial charge in [0, 0.05) is 31.7 Å². The van der Waals surface area contributed by atoms with E-state index in [-0.39, 0.29) is 24.1 Å². The first-order valence-electron chi connectivity index (χ1n) is 13.0. The van der Waals surface area contributed by atoms with Gasteiger partial charge in [0.2, 0.25) is 0 Å². The standard InChI is InChI=1S/C29H37NO5/c1-33-16-17-34-15-7-14-29(32)18-21-8-6-9-22(19-29)30(21)28(31)35-20-27-25-12-4-2-10-23(25)24-11-3-5-13-26(24)27/h2-5,10-13,21-22,27,32H,6-9,14-20H2,1H3. The molecule has 1 N–H and O–H groups in total. The van der Waals surface area contributed by atoms with Gasteiger partial charge in [-0.3, -0.25) is 0 Å². The van der Waals surface area contributed by atoms with Gasteiger partial charge in [0.05, 0.1) is 18.8 Å². The predicted molar refractivity (Wildman–Crippen MR) is 134 cm³/mol. The molecule has 2 unspecified atom stereocenters. The molecule has 188 valence electrons. The zero-order valence-electron chi connectivity index (χ0n) is 20.7. The van der Waals surface area contributed by atoms with Crippen LogP contribution in [0.4, 0.5) is 4.79 Å². The number of methoxy groups -OCH3 is 1. The Kier molecular flexibility index (Phi) is 7.42. The lowest BCUT2D eigenvalue weighted by atomic mass is 9.74. The second kappa shape index (κ2) is 10.7. The second-order valence-electron chi connectivity index (χ2n) is 10.3. The topological polar surface area (TPSA) is 68.2 Å². The Morgan fingerprint density at radius 1 is 0.971 bits per heavy atom. The monoisotopic (exact) mass is 479 g/mol. The number of amides is 1. The molecule has 2 atom stereocenters. The first kappa shape index (κ1) is 24.3. The molecule has 1 aliphatic carbocycles. The zero-order valence-corrected chi connectivity index (χ0v) is 20.7. The first-order valence-corrected chi connectivity index (χ1v) is 13.0. The summed E-state index contributed by atoms with van der Waals surface area (Å²) in [6.07, 6.45) is 5.46. The quantitative estimate of drug-likeness (QED) is 0.505. The highest BCUT2D eigenvalue weighted by molar-refractivity contribution is 5.79. The van der Waals surface area contributed by atoms with Crippen molar-refractivity contribution in [1.29, 1.82) is 0 Å². The molecular weight excluding hydrogens is 442 g/mol. The number of nitrogens with zero attached hydrogens (tertiary/aromatic N) is 1. The maximum absolute atomic E-state index is 13.4. The molecule has 0 spiro atoms. The highest BCUT2D eigenvalue weighted by atomic mass is 16.6. The van der Waals surface area contributed by atoms with E-state index in [1.165, 1.54) is 22.3 Å². The van der Waals surface area contributed by atoms with Crippen molar-refractivity contribution in [2.45, 2.75) is 68.5 Å². The number of piperidine rings is 2. The summed E-state index contributed by atoms with van der Waals surface area (Å²) in [5.41, 5.74) is 4.18. The van der Waals surface area contributed by atoms with Crippen molar-refractivity contribution >= 4 is 6.09 Å². The van der Waals surface area contributed by atoms with Crippen LogP contribution in [0.1, 0.15) is 62.0 Å². The maximum Gasteiger partial charge on any atom is 0.410 e. The molecule has 2 aromatic rings. The zero-order chi connectivity index (χ0) is 24.3. The number of carbonyl (C=O) groups excluding carboxylic acids is 1. The summed E-state index contributed by atoms with van der Waals surface area (Å²) in [7, 11) is 1.66. The van der Waals surface area contributed by atoms with Crippen LogP contribution in [0, 0.1) is 0 Å². The lowest BCUT2D eigenvalue weighted by Gasteiger charge is -2.51. The molecule has 2 aromatic carbocycles. The molecule has 6 heteroatoms. The molecule has 2 heterocycles. The molecule has 0 radical (unpaired) electrons. The summed E-state index contributed by atoms with van der Waals surface area (Å²) in [5, 5.41) is 11.3. The highest BCUT2D eigenvalue weighted by Gasteiger charge is 2.47. The van der Waals surface area contributed by atoms with E-state index in [0.717, 1.165) is 25.7 Å². The fourth-order valence-electron chi connectivity index (χ4n) is 6.45. The minimum absolute atomic E-state index is 0.0394. The van der Waals surface area contributed by atoms with Gasteiger partial charge in [0.1, 0.15) is 6.61 Å². The number of carbonyl (C=O) groups is 1. The van der Waals surface area contributed by atoms with Crippen LogP contribution in [0.15, 0.2) is 48.5 Å². The van der Waals surface area contributed by atoms with Gasteiger partial charge in [-0.2, -0.15) is 0 Å². The Balaban J connectivity index is 1.20. The number of hydrogen-bond donors (Lipinski definition) is 1. The molecule has 1 amide bonds. The van der Waals surface area contributed by atoms with E-state index < -0.39 is 5.60 Å². The van der Waals surface area contributed by atoms with Crippen molar-refractivity contribution in [1.82, 2.24) is 4.90 Å².